The van der Waals surface area contributed by atoms with E-state index in [9.17, 15) is 5.11 Å². The summed E-state index contributed by atoms with van der Waals surface area (Å²) in [7, 11) is 0. The van der Waals surface area contributed by atoms with Crippen molar-refractivity contribution in [1.82, 2.24) is 0 Å². The van der Waals surface area contributed by atoms with E-state index < -0.39 is 6.10 Å². The van der Waals surface area contributed by atoms with Crippen LogP contribution in [0.4, 0.5) is 0 Å². The van der Waals surface area contributed by atoms with Gasteiger partial charge in [0.25, 0.3) is 0 Å². The second-order valence-corrected chi connectivity index (χ2v) is 7.62. The van der Waals surface area contributed by atoms with Gasteiger partial charge in [0.05, 0.1) is 8.99 Å². The van der Waals surface area contributed by atoms with Crippen molar-refractivity contribution < 1.29 is 5.11 Å². The fourth-order valence-corrected chi connectivity index (χ4v) is 3.55. The van der Waals surface area contributed by atoms with Crippen LogP contribution in [0.15, 0.2) is 29.6 Å². The molecule has 4 heteroatoms. The minimum Gasteiger partial charge on any atom is -0.388 e. The van der Waals surface area contributed by atoms with Gasteiger partial charge in [-0.05, 0) is 70.1 Å². The summed E-state index contributed by atoms with van der Waals surface area (Å²) in [4.78, 5) is 0. The van der Waals surface area contributed by atoms with Crippen molar-refractivity contribution in [2.45, 2.75) is 25.9 Å². The van der Waals surface area contributed by atoms with Crippen molar-refractivity contribution in [1.29, 1.82) is 0 Å². The molecule has 0 saturated heterocycles. The summed E-state index contributed by atoms with van der Waals surface area (Å²) in [6, 6.07) is 8.32. The first-order valence-corrected chi connectivity index (χ1v) is 8.18. The summed E-state index contributed by atoms with van der Waals surface area (Å²) in [5.41, 5.74) is 10.5. The molecule has 102 valence electrons. The van der Waals surface area contributed by atoms with Crippen LogP contribution in [0, 0.1) is 16.7 Å². The third-order valence-corrected chi connectivity index (χ3v) is 5.33. The Morgan fingerprint density at radius 1 is 1.21 bits per heavy atom. The fraction of sp³-hybridized carbons (Fsp3) is 0.333. The van der Waals surface area contributed by atoms with Gasteiger partial charge in [0.15, 0.2) is 0 Å². The lowest BCUT2D eigenvalue weighted by Crippen LogP contribution is -2.20. The molecule has 2 atom stereocenters. The second-order valence-electron chi connectivity index (χ2n) is 4.81. The lowest BCUT2D eigenvalue weighted by atomic mass is 9.89. The molecular formula is C15H18INOS. The van der Waals surface area contributed by atoms with E-state index in [1.807, 2.05) is 11.4 Å². The number of aryl methyl sites for hydroxylation is 2. The zero-order chi connectivity index (χ0) is 14.0. The van der Waals surface area contributed by atoms with Gasteiger partial charge >= 0.3 is 0 Å². The third-order valence-electron chi connectivity index (χ3n) is 3.52. The fourth-order valence-electron chi connectivity index (χ4n) is 2.15. The van der Waals surface area contributed by atoms with Gasteiger partial charge in [-0.2, -0.15) is 0 Å². The van der Waals surface area contributed by atoms with Crippen molar-refractivity contribution in [2.24, 2.45) is 5.73 Å². The van der Waals surface area contributed by atoms with E-state index in [4.69, 9.17) is 5.73 Å². The first-order valence-electron chi connectivity index (χ1n) is 6.22. The molecule has 19 heavy (non-hydrogen) atoms. The van der Waals surface area contributed by atoms with E-state index in [2.05, 4.69) is 54.6 Å². The topological polar surface area (TPSA) is 46.2 Å². The molecule has 0 aliphatic carbocycles. The molecule has 3 N–H and O–H groups in total. The van der Waals surface area contributed by atoms with Crippen molar-refractivity contribution in [3.05, 3.63) is 54.8 Å². The molecule has 0 spiro atoms. The summed E-state index contributed by atoms with van der Waals surface area (Å²) in [5.74, 6) is -0.0512. The highest BCUT2D eigenvalue weighted by Crippen LogP contribution is 2.33. The largest absolute Gasteiger partial charge is 0.388 e. The van der Waals surface area contributed by atoms with Crippen molar-refractivity contribution in [3.63, 3.8) is 0 Å². The zero-order valence-corrected chi connectivity index (χ0v) is 14.0. The number of hydrogen-bond donors (Lipinski definition) is 2. The Morgan fingerprint density at radius 2 is 1.95 bits per heavy atom. The van der Waals surface area contributed by atoms with Gasteiger partial charge in [0.1, 0.15) is 0 Å². The monoisotopic (exact) mass is 387 g/mol. The Hall–Kier alpha value is -0.430. The number of hydrogen-bond acceptors (Lipinski definition) is 3. The highest BCUT2D eigenvalue weighted by molar-refractivity contribution is 14.1. The summed E-state index contributed by atoms with van der Waals surface area (Å²) >= 11 is 3.92. The van der Waals surface area contributed by atoms with Crippen LogP contribution in [-0.4, -0.2) is 11.7 Å². The molecular weight excluding hydrogens is 369 g/mol. The molecule has 0 amide bonds. The molecule has 0 aliphatic rings. The maximum Gasteiger partial charge on any atom is 0.0879 e. The summed E-state index contributed by atoms with van der Waals surface area (Å²) in [6.45, 7) is 4.62. The maximum atomic E-state index is 10.5. The normalized spacial score (nSPS) is 14.4. The average Bonchev–Trinajstić information content (AvgIpc) is 2.81. The number of nitrogens with two attached hydrogens (primary N) is 1. The minimum absolute atomic E-state index is 0.0512. The van der Waals surface area contributed by atoms with Gasteiger partial charge in [-0.25, -0.2) is 0 Å². The summed E-state index contributed by atoms with van der Waals surface area (Å²) in [5, 5.41) is 12.5. The molecule has 1 heterocycles. The Labute approximate surface area is 131 Å². The molecule has 2 unspecified atom stereocenters. The van der Waals surface area contributed by atoms with E-state index in [1.165, 1.54) is 14.0 Å². The smallest absolute Gasteiger partial charge is 0.0879 e. The van der Waals surface area contributed by atoms with Crippen LogP contribution in [0.2, 0.25) is 0 Å². The summed E-state index contributed by atoms with van der Waals surface area (Å²) < 4.78 is 1.18. The molecule has 2 aromatic rings. The van der Waals surface area contributed by atoms with Gasteiger partial charge in [0.2, 0.25) is 0 Å². The quantitative estimate of drug-likeness (QED) is 0.786. The van der Waals surface area contributed by atoms with Crippen LogP contribution in [0.5, 0.6) is 0 Å². The van der Waals surface area contributed by atoms with Crippen LogP contribution in [0.3, 0.4) is 0 Å². The molecule has 0 bridgehead atoms. The van der Waals surface area contributed by atoms with Gasteiger partial charge in [-0.1, -0.05) is 18.2 Å². The molecule has 2 rings (SSSR count). The van der Waals surface area contributed by atoms with Crippen LogP contribution >= 0.6 is 33.9 Å². The zero-order valence-electron chi connectivity index (χ0n) is 11.1. The molecule has 1 aromatic heterocycles. The van der Waals surface area contributed by atoms with Crippen molar-refractivity contribution >= 4 is 33.9 Å². The molecule has 0 aliphatic heterocycles. The van der Waals surface area contributed by atoms with Crippen LogP contribution in [-0.2, 0) is 0 Å². The number of benzene rings is 1. The van der Waals surface area contributed by atoms with E-state index in [-0.39, 0.29) is 5.92 Å². The minimum atomic E-state index is -0.535. The second kappa shape index (κ2) is 6.35. The first-order chi connectivity index (χ1) is 9.02. The lowest BCUT2D eigenvalue weighted by Gasteiger charge is -2.22. The van der Waals surface area contributed by atoms with E-state index in [1.54, 1.807) is 11.3 Å². The van der Waals surface area contributed by atoms with E-state index >= 15 is 0 Å². The molecule has 0 radical (unpaired) electrons. The number of halogens is 1. The van der Waals surface area contributed by atoms with Crippen LogP contribution < -0.4 is 5.73 Å². The van der Waals surface area contributed by atoms with Gasteiger partial charge in [-0.15, -0.1) is 11.3 Å². The number of aliphatic hydroxyl groups is 1. The van der Waals surface area contributed by atoms with Gasteiger partial charge in [-0.3, -0.25) is 0 Å². The van der Waals surface area contributed by atoms with Gasteiger partial charge < -0.3 is 10.8 Å². The predicted octanol–water partition coefficient (Wildman–Crippen LogP) is 3.75. The molecule has 2 nitrogen and oxygen atoms in total. The highest BCUT2D eigenvalue weighted by Gasteiger charge is 2.22. The maximum absolute atomic E-state index is 10.5. The SMILES string of the molecule is Cc1ccc(C(CN)C(O)c2csc(I)c2)cc1C. The average molecular weight is 387 g/mol. The van der Waals surface area contributed by atoms with Crippen molar-refractivity contribution in [3.8, 4) is 0 Å². The standard InChI is InChI=1S/C15H18INOS/c1-9-3-4-11(5-10(9)2)13(7-17)15(18)12-6-14(16)19-8-12/h3-6,8,13,15,18H,7,17H2,1-2H3. The molecule has 1 aromatic carbocycles. The highest BCUT2D eigenvalue weighted by atomic mass is 127. The number of aliphatic hydroxyl groups excluding tert-OH is 1. The molecule has 0 fully saturated rings. The Morgan fingerprint density at radius 3 is 2.47 bits per heavy atom. The first kappa shape index (κ1) is 15.0. The predicted molar refractivity (Wildman–Crippen MR) is 89.7 cm³/mol. The van der Waals surface area contributed by atoms with E-state index in [0.717, 1.165) is 11.1 Å². The number of rotatable bonds is 4. The Balaban J connectivity index is 2.30. The Bertz CT molecular complexity index is 567. The number of thiophene rings is 1. The molecule has 0 saturated carbocycles. The van der Waals surface area contributed by atoms with Crippen LogP contribution in [0.25, 0.3) is 0 Å². The van der Waals surface area contributed by atoms with Crippen molar-refractivity contribution in [2.75, 3.05) is 6.54 Å². The van der Waals surface area contributed by atoms with Gasteiger partial charge in [0, 0.05) is 12.5 Å². The third kappa shape index (κ3) is 3.37. The van der Waals surface area contributed by atoms with Crippen LogP contribution in [0.1, 0.15) is 34.3 Å². The van der Waals surface area contributed by atoms with E-state index in [0.29, 0.717) is 6.54 Å². The lowest BCUT2D eigenvalue weighted by molar-refractivity contribution is 0.148. The summed E-state index contributed by atoms with van der Waals surface area (Å²) in [6.07, 6.45) is -0.535. The Kier molecular flexibility index (Phi) is 5.00.